The predicted molar refractivity (Wildman–Crippen MR) is 329 cm³/mol. The van der Waals surface area contributed by atoms with Crippen LogP contribution in [0.4, 0.5) is 38.0 Å². The number of halogens is 12. The van der Waals surface area contributed by atoms with Crippen LogP contribution in [0, 0.1) is 79.9 Å². The molecule has 2 saturated heterocycles. The molecule has 11 heterocycles. The smallest absolute Gasteiger partial charge is 0.348 e. The molecule has 1 unspecified atom stereocenters. The molecule has 6 N–H and O–H groups in total. The van der Waals surface area contributed by atoms with Crippen LogP contribution in [-0.2, 0) is 18.9 Å². The van der Waals surface area contributed by atoms with Crippen molar-refractivity contribution < 1.29 is 51.7 Å². The average molecular weight is 1430 g/mol. The number of nitrogens with two attached hydrogens (primary N) is 1. The first kappa shape index (κ1) is 79.1. The lowest BCUT2D eigenvalue weighted by Gasteiger charge is -2.16. The molecule has 0 aromatic carbocycles. The van der Waals surface area contributed by atoms with E-state index in [9.17, 15) is 45.3 Å². The molecule has 0 saturated carbocycles. The zero-order valence-corrected chi connectivity index (χ0v) is 54.2. The number of alkyl halides is 2. The standard InChI is InChI=1S/C11H10FN5.C7HCl2FN4.C7H2ClFN4.C7H3FN4O2.C6H9FO3.C4H4N4.C4H9N.2C2H6.CH3F.Cl3OP/c12-9-7-17-10(8(5-13)6-14-17)15-11(9)16-3-1-2-4-16;8-5-4(10)6(9)14-7(13-5)3(1-11)2-12-14;8-6-5(9)3-13-7(12-6)4(1-10)2-11-13;8-4-6(13)11-5-3(1-9)2-10-12(5)7(4)14;1-3-10-6(9)5(7)4(2)8;5-1-3-2-7-8-4(3)6;1-2-4-5-3-1;3*1-2;1-5(2,3)4/h6-7H,1-4H2;2H;2-3H;2,14H,(H,11,13);5H,3H2,1-2H3;2H,(H3,6,7,8);5H,1-4H2;2*1-2H3;1H3;/i;;;;;;;;;1D;. The van der Waals surface area contributed by atoms with Gasteiger partial charge in [-0.25, -0.2) is 46.3 Å². The third kappa shape index (κ3) is 24.3. The molecule has 0 aliphatic carbocycles. The Balaban J connectivity index is 0.000000537. The summed E-state index contributed by atoms with van der Waals surface area (Å²) < 4.78 is 98.4. The van der Waals surface area contributed by atoms with Crippen molar-refractivity contribution in [2.24, 2.45) is 0 Å². The molecule has 2 aliphatic heterocycles. The van der Waals surface area contributed by atoms with Gasteiger partial charge in [0, 0.05) is 13.1 Å². The maximum atomic E-state index is 13.8. The Bertz CT molecular complexity index is 4230. The number of nitrogens with zero attached hydrogens (tertiary/aromatic N) is 18. The van der Waals surface area contributed by atoms with Crippen molar-refractivity contribution in [2.45, 2.75) is 73.4 Å². The maximum Gasteiger partial charge on any atom is 0.348 e. The topological polar surface area (TPSA) is 410 Å². The van der Waals surface area contributed by atoms with Gasteiger partial charge >= 0.3 is 11.2 Å². The van der Waals surface area contributed by atoms with Crippen LogP contribution in [0.1, 0.15) is 96.4 Å². The largest absolute Gasteiger partial charge is 0.491 e. The summed E-state index contributed by atoms with van der Waals surface area (Å²) in [4.78, 5) is 47.0. The molecule has 0 bridgehead atoms. The molecule has 11 rings (SSSR count). The molecule has 492 valence electrons. The van der Waals surface area contributed by atoms with Crippen LogP contribution in [0.15, 0.2) is 48.2 Å². The normalized spacial score (nSPS) is 11.8. The number of anilines is 2. The second-order valence-electron chi connectivity index (χ2n) is 16.2. The second kappa shape index (κ2) is 41.4. The van der Waals surface area contributed by atoms with Gasteiger partial charge < -0.3 is 30.8 Å². The van der Waals surface area contributed by atoms with E-state index in [2.05, 4.69) is 94.3 Å². The Morgan fingerprint density at radius 3 is 1.64 bits per heavy atom. The molecule has 9 aromatic rings. The number of nitrogen functional groups attached to an aromatic ring is 1. The first-order valence-corrected chi connectivity index (χ1v) is 31.4. The zero-order chi connectivity index (χ0) is 70.7. The van der Waals surface area contributed by atoms with Crippen molar-refractivity contribution in [3.05, 3.63) is 120 Å². The average Bonchev–Trinajstić information content (AvgIpc) is 1.73. The van der Waals surface area contributed by atoms with Gasteiger partial charge in [0.05, 0.1) is 58.5 Å². The number of esters is 1. The van der Waals surface area contributed by atoms with Crippen LogP contribution in [0.3, 0.4) is 0 Å². The van der Waals surface area contributed by atoms with Gasteiger partial charge in [0.2, 0.25) is 5.82 Å². The molecular formula is C51H53Cl6F6N22O6P. The van der Waals surface area contributed by atoms with Gasteiger partial charge in [0.1, 0.15) is 64.0 Å². The van der Waals surface area contributed by atoms with Crippen LogP contribution in [0.2, 0.25) is 15.5 Å². The molecular weight excluding hydrogens is 1370 g/mol. The summed E-state index contributed by atoms with van der Waals surface area (Å²) in [6, 6.07) is 9.30. The molecule has 9 aromatic heterocycles. The summed E-state index contributed by atoms with van der Waals surface area (Å²) in [6.45, 7) is 14.8. The first-order chi connectivity index (χ1) is 44.2. The zero-order valence-electron chi connectivity index (χ0n) is 49.8. The van der Waals surface area contributed by atoms with Gasteiger partial charge in [0.25, 0.3) is 17.6 Å². The van der Waals surface area contributed by atoms with Gasteiger partial charge in [0.15, 0.2) is 67.1 Å². The van der Waals surface area contributed by atoms with Crippen LogP contribution in [0.25, 0.3) is 22.6 Å². The Labute approximate surface area is 549 Å². The van der Waals surface area contributed by atoms with E-state index in [0.717, 1.165) is 54.3 Å². The minimum Gasteiger partial charge on any atom is -0.491 e. The molecule has 92 heavy (non-hydrogen) atoms. The quantitative estimate of drug-likeness (QED) is 0.0359. The van der Waals surface area contributed by atoms with Gasteiger partial charge in [-0.2, -0.15) is 65.2 Å². The van der Waals surface area contributed by atoms with Crippen molar-refractivity contribution in [3.63, 3.8) is 0 Å². The molecule has 0 radical (unpaired) electrons. The van der Waals surface area contributed by atoms with Crippen molar-refractivity contribution in [2.75, 3.05) is 50.6 Å². The summed E-state index contributed by atoms with van der Waals surface area (Å²) in [6.07, 6.45) is 11.6. The number of ether oxygens (including phenoxy) is 1. The van der Waals surface area contributed by atoms with E-state index in [-0.39, 0.29) is 55.7 Å². The monoisotopic (exact) mass is 1430 g/mol. The number of ketones is 1. The Hall–Kier alpha value is -9.01. The highest BCUT2D eigenvalue weighted by Crippen LogP contribution is 2.61. The highest BCUT2D eigenvalue weighted by molar-refractivity contribution is 8.24. The van der Waals surface area contributed by atoms with Crippen LogP contribution < -0.4 is 21.5 Å². The van der Waals surface area contributed by atoms with E-state index in [1.165, 1.54) is 65.9 Å². The Kier molecular flexibility index (Phi) is 35.6. The Morgan fingerprint density at radius 2 is 1.20 bits per heavy atom. The van der Waals surface area contributed by atoms with E-state index in [1.54, 1.807) is 13.0 Å². The number of aromatic nitrogens is 14. The van der Waals surface area contributed by atoms with E-state index in [1.807, 2.05) is 56.9 Å². The number of aromatic hydroxyl groups is 1. The molecule has 2 aliphatic rings. The summed E-state index contributed by atoms with van der Waals surface area (Å²) >= 11 is 30.3. The number of carbonyl (C=O) groups is 2. The van der Waals surface area contributed by atoms with Gasteiger partial charge in [-0.05, 0) is 86.3 Å². The molecule has 1 atom stereocenters. The summed E-state index contributed by atoms with van der Waals surface area (Å²) in [5.41, 5.74) is 6.17. The number of hydrogen-bond donors (Lipinski definition) is 5. The van der Waals surface area contributed by atoms with E-state index < -0.39 is 65.0 Å². The van der Waals surface area contributed by atoms with E-state index >= 15 is 0 Å². The highest BCUT2D eigenvalue weighted by Gasteiger charge is 2.24. The van der Waals surface area contributed by atoms with Crippen molar-refractivity contribution in [3.8, 4) is 36.2 Å². The number of aromatic amines is 2. The number of carbonyl (C=O) groups excluding carboxylic acids is 2. The van der Waals surface area contributed by atoms with Crippen LogP contribution in [0.5, 0.6) is 5.88 Å². The van der Waals surface area contributed by atoms with Crippen LogP contribution in [-0.4, -0.2) is 132 Å². The number of hydrogen-bond acceptors (Lipinski definition) is 22. The number of nitriles is 5. The second-order valence-corrected chi connectivity index (χ2v) is 23.9. The fourth-order valence-corrected chi connectivity index (χ4v) is 7.07. The minimum absolute atomic E-state index is 0.0311. The minimum atomic E-state index is -3.22. The third-order valence-electron chi connectivity index (χ3n) is 10.4. The fraction of sp³-hybridized carbons (Fsp3) is 0.333. The SMILES string of the molecule is C1CCNC1.CC.CC.CCOC(=O)C(F)C(C)=O.N#Cc1cn[nH]c1N.N#Cc1cnn2c(Cl)c(F)c(Cl)nc12.N#Cc1cnn2c(O)c(F)c(=O)[nH]c12.N#Cc1cnn2cc(F)c(Cl)nc12.N#Cc1cnn2cc(F)c(N3CCCC3)nc12.O=P(Cl)(Cl)Cl.[2H]CF. The fourth-order valence-electron chi connectivity index (χ4n) is 6.51. The van der Waals surface area contributed by atoms with Crippen molar-refractivity contribution in [1.29, 1.82) is 26.3 Å². The predicted octanol–water partition coefficient (Wildman–Crippen LogP) is 10.7. The molecule has 2 fully saturated rings. The lowest BCUT2D eigenvalue weighted by molar-refractivity contribution is -0.152. The van der Waals surface area contributed by atoms with E-state index in [4.69, 9.17) is 73.3 Å². The number of nitrogens with one attached hydrogen (secondary N) is 3. The summed E-state index contributed by atoms with van der Waals surface area (Å²) in [5, 5.41) is 71.9. The van der Waals surface area contributed by atoms with Gasteiger partial charge in [-0.3, -0.25) is 23.6 Å². The molecule has 28 nitrogen and oxygen atoms in total. The summed E-state index contributed by atoms with van der Waals surface area (Å²) in [7, 11) is -1.00. The molecule has 0 amide bonds. The Morgan fingerprint density at radius 1 is 0.739 bits per heavy atom. The van der Waals surface area contributed by atoms with Crippen LogP contribution >= 0.6 is 73.7 Å². The maximum absolute atomic E-state index is 13.8. The third-order valence-corrected chi connectivity index (χ3v) is 11.3. The number of rotatable bonds is 4. The van der Waals surface area contributed by atoms with E-state index in [0.29, 0.717) is 28.4 Å². The first-order valence-electron chi connectivity index (χ1n) is 26.6. The number of H-pyrrole nitrogens is 2. The lowest BCUT2D eigenvalue weighted by Crippen LogP contribution is -2.25. The lowest BCUT2D eigenvalue weighted by atomic mass is 10.3. The van der Waals surface area contributed by atoms with Crippen molar-refractivity contribution >= 4 is 120 Å². The van der Waals surface area contributed by atoms with Crippen molar-refractivity contribution in [1.82, 2.24) is 73.9 Å². The number of fused-ring (bicyclic) bond motifs is 4. The summed E-state index contributed by atoms with van der Waals surface area (Å²) in [5.74, 6) is -5.43. The molecule has 41 heteroatoms. The van der Waals surface area contributed by atoms with Gasteiger partial charge in [-0.15, -0.1) is 0 Å². The highest BCUT2D eigenvalue weighted by atomic mass is 36.0. The van der Waals surface area contributed by atoms with Gasteiger partial charge in [-0.1, -0.05) is 62.5 Å². The number of Topliss-reactive ketones (excluding diaryl/α,β-unsaturated/α-hetero) is 1. The molecule has 0 spiro atoms.